The molecule has 0 aliphatic carbocycles. The second-order valence-corrected chi connectivity index (χ2v) is 6.34. The Labute approximate surface area is 147 Å². The fourth-order valence-corrected chi connectivity index (χ4v) is 3.20. The number of hydrogen-bond donors (Lipinski definition) is 1. The van der Waals surface area contributed by atoms with Crippen LogP contribution < -0.4 is 5.56 Å². The van der Waals surface area contributed by atoms with Crippen molar-refractivity contribution in [2.45, 2.75) is 19.1 Å². The maximum absolute atomic E-state index is 12.8. The van der Waals surface area contributed by atoms with Gasteiger partial charge < -0.3 is 9.72 Å². The van der Waals surface area contributed by atoms with Gasteiger partial charge in [0.15, 0.2) is 4.77 Å². The number of halogens is 3. The molecule has 9 heteroatoms. The van der Waals surface area contributed by atoms with Crippen LogP contribution in [0.25, 0.3) is 10.9 Å². The highest BCUT2D eigenvalue weighted by molar-refractivity contribution is 7.71. The molecule has 5 nitrogen and oxygen atoms in total. The third-order valence-electron chi connectivity index (χ3n) is 4.27. The smallest absolute Gasteiger partial charge is 0.379 e. The van der Waals surface area contributed by atoms with Crippen molar-refractivity contribution in [1.82, 2.24) is 14.5 Å². The van der Waals surface area contributed by atoms with Crippen LogP contribution in [0, 0.1) is 4.77 Å². The molecule has 0 atom stereocenters. The molecule has 1 saturated heterocycles. The SMILES string of the molecule is O=c1c2ccc(C(F)(F)F)cc2[nH]c(=S)n1CCCN1CCOCC1. The summed E-state index contributed by atoms with van der Waals surface area (Å²) in [6.07, 6.45) is -3.74. The average Bonchev–Trinajstić information content (AvgIpc) is 2.57. The lowest BCUT2D eigenvalue weighted by molar-refractivity contribution is -0.137. The van der Waals surface area contributed by atoms with Gasteiger partial charge >= 0.3 is 6.18 Å². The van der Waals surface area contributed by atoms with Gasteiger partial charge in [-0.15, -0.1) is 0 Å². The highest BCUT2D eigenvalue weighted by atomic mass is 32.1. The summed E-state index contributed by atoms with van der Waals surface area (Å²) in [6.45, 7) is 4.37. The lowest BCUT2D eigenvalue weighted by Crippen LogP contribution is -2.37. The molecule has 0 spiro atoms. The Bertz CT molecular complexity index is 870. The van der Waals surface area contributed by atoms with Crippen LogP contribution in [0.5, 0.6) is 0 Å². The predicted molar refractivity (Wildman–Crippen MR) is 90.3 cm³/mol. The number of rotatable bonds is 4. The number of ether oxygens (including phenoxy) is 1. The number of fused-ring (bicyclic) bond motifs is 1. The maximum atomic E-state index is 12.8. The van der Waals surface area contributed by atoms with Crippen molar-refractivity contribution in [2.24, 2.45) is 0 Å². The molecule has 2 aromatic rings. The van der Waals surface area contributed by atoms with Gasteiger partial charge in [0.25, 0.3) is 5.56 Å². The summed E-state index contributed by atoms with van der Waals surface area (Å²) in [5, 5.41) is 0.202. The highest BCUT2D eigenvalue weighted by Gasteiger charge is 2.30. The van der Waals surface area contributed by atoms with E-state index < -0.39 is 11.7 Å². The van der Waals surface area contributed by atoms with Crippen molar-refractivity contribution in [3.63, 3.8) is 0 Å². The van der Waals surface area contributed by atoms with Gasteiger partial charge in [-0.2, -0.15) is 13.2 Å². The van der Waals surface area contributed by atoms with E-state index in [0.717, 1.165) is 38.2 Å². The molecule has 2 heterocycles. The van der Waals surface area contributed by atoms with Crippen LogP contribution in [0.2, 0.25) is 0 Å². The summed E-state index contributed by atoms with van der Waals surface area (Å²) in [7, 11) is 0. The van der Waals surface area contributed by atoms with E-state index in [1.165, 1.54) is 10.6 Å². The number of alkyl halides is 3. The molecule has 1 aliphatic heterocycles. The quantitative estimate of drug-likeness (QED) is 0.838. The topological polar surface area (TPSA) is 50.3 Å². The van der Waals surface area contributed by atoms with Crippen molar-refractivity contribution in [1.29, 1.82) is 0 Å². The fourth-order valence-electron chi connectivity index (χ4n) is 2.91. The predicted octanol–water partition coefficient (Wildman–Crippen LogP) is 2.80. The molecule has 1 aromatic heterocycles. The van der Waals surface area contributed by atoms with Crippen LogP contribution in [0.15, 0.2) is 23.0 Å². The normalized spacial score (nSPS) is 16.4. The standard InChI is InChI=1S/C16H18F3N3O2S/c17-16(18,19)11-2-3-12-13(10-11)20-15(25)22(14(12)23)5-1-4-21-6-8-24-9-7-21/h2-3,10H,1,4-9H2,(H,20,25). The van der Waals surface area contributed by atoms with E-state index in [1.54, 1.807) is 0 Å². The molecule has 0 unspecified atom stereocenters. The second-order valence-electron chi connectivity index (χ2n) is 5.95. The molecule has 0 amide bonds. The van der Waals surface area contributed by atoms with Gasteiger partial charge in [-0.25, -0.2) is 0 Å². The summed E-state index contributed by atoms with van der Waals surface area (Å²) in [6, 6.07) is 3.04. The zero-order valence-corrected chi connectivity index (χ0v) is 14.3. The summed E-state index contributed by atoms with van der Waals surface area (Å²) in [4.78, 5) is 17.5. The van der Waals surface area contributed by atoms with Crippen LogP contribution in [0.4, 0.5) is 13.2 Å². The highest BCUT2D eigenvalue weighted by Crippen LogP contribution is 2.30. The summed E-state index contributed by atoms with van der Waals surface area (Å²) < 4.78 is 45.2. The van der Waals surface area contributed by atoms with Gasteiger partial charge in [0.1, 0.15) is 0 Å². The Morgan fingerprint density at radius 3 is 2.60 bits per heavy atom. The van der Waals surface area contributed by atoms with E-state index in [4.69, 9.17) is 17.0 Å². The van der Waals surface area contributed by atoms with Gasteiger partial charge in [-0.1, -0.05) is 0 Å². The molecule has 1 N–H and O–H groups in total. The lowest BCUT2D eigenvalue weighted by atomic mass is 10.1. The van der Waals surface area contributed by atoms with Gasteiger partial charge in [-0.05, 0) is 36.8 Å². The first kappa shape index (κ1) is 18.1. The van der Waals surface area contributed by atoms with Gasteiger partial charge in [0.05, 0.1) is 29.7 Å². The molecule has 25 heavy (non-hydrogen) atoms. The number of nitrogens with one attached hydrogen (secondary N) is 1. The third kappa shape index (κ3) is 4.10. The van der Waals surface area contributed by atoms with E-state index in [0.29, 0.717) is 19.8 Å². The van der Waals surface area contributed by atoms with Crippen LogP contribution >= 0.6 is 12.2 Å². The maximum Gasteiger partial charge on any atom is 0.416 e. The Morgan fingerprint density at radius 2 is 1.92 bits per heavy atom. The Morgan fingerprint density at radius 1 is 1.20 bits per heavy atom. The van der Waals surface area contributed by atoms with Crippen LogP contribution in [-0.4, -0.2) is 47.3 Å². The number of H-pyrrole nitrogens is 1. The zero-order valence-electron chi connectivity index (χ0n) is 13.4. The molecule has 136 valence electrons. The Balaban J connectivity index is 1.81. The molecular weight excluding hydrogens is 355 g/mol. The Kier molecular flexibility index (Phi) is 5.26. The minimum atomic E-state index is -4.46. The summed E-state index contributed by atoms with van der Waals surface area (Å²) in [5.41, 5.74) is -1.07. The molecule has 1 aliphatic rings. The third-order valence-corrected chi connectivity index (χ3v) is 4.59. The molecule has 3 rings (SSSR count). The first-order chi connectivity index (χ1) is 11.9. The zero-order chi connectivity index (χ0) is 18.0. The van der Waals surface area contributed by atoms with Gasteiger partial charge in [0, 0.05) is 26.2 Å². The largest absolute Gasteiger partial charge is 0.416 e. The van der Waals surface area contributed by atoms with Crippen molar-refractivity contribution in [2.75, 3.05) is 32.8 Å². The molecule has 1 aromatic carbocycles. The van der Waals surface area contributed by atoms with Crippen LogP contribution in [-0.2, 0) is 17.5 Å². The number of morpholine rings is 1. The van der Waals surface area contributed by atoms with Crippen molar-refractivity contribution >= 4 is 23.1 Å². The van der Waals surface area contributed by atoms with E-state index in [2.05, 4.69) is 9.88 Å². The van der Waals surface area contributed by atoms with Crippen molar-refractivity contribution < 1.29 is 17.9 Å². The molecule has 0 radical (unpaired) electrons. The van der Waals surface area contributed by atoms with E-state index in [9.17, 15) is 18.0 Å². The minimum absolute atomic E-state index is 0.106. The first-order valence-electron chi connectivity index (χ1n) is 8.00. The molecule has 1 fully saturated rings. The van der Waals surface area contributed by atoms with Crippen molar-refractivity contribution in [3.8, 4) is 0 Å². The van der Waals surface area contributed by atoms with E-state index >= 15 is 0 Å². The molecular formula is C16H18F3N3O2S. The van der Waals surface area contributed by atoms with Crippen LogP contribution in [0.1, 0.15) is 12.0 Å². The van der Waals surface area contributed by atoms with Crippen LogP contribution in [0.3, 0.4) is 0 Å². The number of hydrogen-bond acceptors (Lipinski definition) is 4. The number of aromatic nitrogens is 2. The second kappa shape index (κ2) is 7.27. The molecule has 0 bridgehead atoms. The minimum Gasteiger partial charge on any atom is -0.379 e. The fraction of sp³-hybridized carbons (Fsp3) is 0.500. The molecule has 0 saturated carbocycles. The van der Waals surface area contributed by atoms with Crippen molar-refractivity contribution in [3.05, 3.63) is 38.9 Å². The average molecular weight is 373 g/mol. The van der Waals surface area contributed by atoms with Gasteiger partial charge in [-0.3, -0.25) is 14.3 Å². The summed E-state index contributed by atoms with van der Waals surface area (Å²) in [5.74, 6) is 0. The first-order valence-corrected chi connectivity index (χ1v) is 8.41. The monoisotopic (exact) mass is 373 g/mol. The Hall–Kier alpha value is -1.71. The number of benzene rings is 1. The van der Waals surface area contributed by atoms with Gasteiger partial charge in [0.2, 0.25) is 0 Å². The number of aromatic amines is 1. The summed E-state index contributed by atoms with van der Waals surface area (Å²) >= 11 is 5.17. The number of nitrogens with zero attached hydrogens (tertiary/aromatic N) is 2. The van der Waals surface area contributed by atoms with E-state index in [-0.39, 0.29) is 21.2 Å². The van der Waals surface area contributed by atoms with E-state index in [1.807, 2.05) is 0 Å². The lowest BCUT2D eigenvalue weighted by Gasteiger charge is -2.26.